The smallest absolute Gasteiger partial charge is 0.270 e. The first-order valence-corrected chi connectivity index (χ1v) is 10.1. The zero-order valence-corrected chi connectivity index (χ0v) is 15.9. The van der Waals surface area contributed by atoms with E-state index in [1.54, 1.807) is 0 Å². The van der Waals surface area contributed by atoms with Gasteiger partial charge in [-0.3, -0.25) is 14.9 Å². The number of hydrogen-bond acceptors (Lipinski definition) is 6. The molecule has 0 saturated carbocycles. The third-order valence-corrected chi connectivity index (χ3v) is 5.10. The van der Waals surface area contributed by atoms with Crippen LogP contribution in [0, 0.1) is 10.1 Å². The van der Waals surface area contributed by atoms with Gasteiger partial charge in [-0.25, -0.2) is 13.1 Å². The summed E-state index contributed by atoms with van der Waals surface area (Å²) in [6.45, 7) is 0.473. The van der Waals surface area contributed by atoms with Crippen LogP contribution in [0.1, 0.15) is 12.8 Å². The highest BCUT2D eigenvalue weighted by Gasteiger charge is 2.17. The molecule has 0 unspecified atom stereocenters. The highest BCUT2D eigenvalue weighted by Crippen LogP contribution is 2.16. The number of para-hydroxylation sites is 1. The molecule has 0 saturated heterocycles. The van der Waals surface area contributed by atoms with Crippen LogP contribution in [0.15, 0.2) is 59.5 Å². The second-order valence-corrected chi connectivity index (χ2v) is 7.53. The summed E-state index contributed by atoms with van der Waals surface area (Å²) < 4.78 is 32.0. The summed E-state index contributed by atoms with van der Waals surface area (Å²) in [6.07, 6.45) is 0.782. The lowest BCUT2D eigenvalue weighted by atomic mass is 10.3. The maximum Gasteiger partial charge on any atom is 0.270 e. The fourth-order valence-corrected chi connectivity index (χ4v) is 3.33. The maximum absolute atomic E-state index is 12.1. The van der Waals surface area contributed by atoms with Gasteiger partial charge in [0.15, 0.2) is 0 Å². The molecule has 10 heteroatoms. The zero-order valence-electron chi connectivity index (χ0n) is 15.0. The van der Waals surface area contributed by atoms with Crippen LogP contribution in [0.2, 0.25) is 0 Å². The third kappa shape index (κ3) is 6.97. The fourth-order valence-electron chi connectivity index (χ4n) is 2.26. The number of nitro groups is 1. The van der Waals surface area contributed by atoms with Crippen LogP contribution in [0.25, 0.3) is 0 Å². The summed E-state index contributed by atoms with van der Waals surface area (Å²) in [5.74, 6) is 0.518. The zero-order chi connectivity index (χ0) is 20.4. The van der Waals surface area contributed by atoms with Gasteiger partial charge in [0.2, 0.25) is 15.9 Å². The van der Waals surface area contributed by atoms with Crippen molar-refractivity contribution in [2.75, 3.05) is 19.7 Å². The number of rotatable bonds is 11. The quantitative estimate of drug-likeness (QED) is 0.332. The SMILES string of the molecule is O=C(CCCOc1ccccc1)NCCNS(=O)(=O)c1cccc([N+](=O)[O-])c1. The molecule has 9 nitrogen and oxygen atoms in total. The summed E-state index contributed by atoms with van der Waals surface area (Å²) in [6, 6.07) is 14.0. The summed E-state index contributed by atoms with van der Waals surface area (Å²) in [7, 11) is -3.89. The number of nitro benzene ring substituents is 1. The van der Waals surface area contributed by atoms with Crippen LogP contribution in [-0.4, -0.2) is 38.9 Å². The van der Waals surface area contributed by atoms with E-state index in [0.29, 0.717) is 13.0 Å². The molecule has 0 aliphatic rings. The highest BCUT2D eigenvalue weighted by molar-refractivity contribution is 7.89. The van der Waals surface area contributed by atoms with E-state index in [4.69, 9.17) is 4.74 Å². The van der Waals surface area contributed by atoms with Gasteiger partial charge in [-0.1, -0.05) is 24.3 Å². The van der Waals surface area contributed by atoms with Crippen molar-refractivity contribution in [1.29, 1.82) is 0 Å². The van der Waals surface area contributed by atoms with Gasteiger partial charge in [-0.15, -0.1) is 0 Å². The van der Waals surface area contributed by atoms with Gasteiger partial charge in [0.05, 0.1) is 16.4 Å². The molecule has 2 N–H and O–H groups in total. The number of non-ortho nitro benzene ring substituents is 1. The van der Waals surface area contributed by atoms with E-state index in [-0.39, 0.29) is 36.0 Å². The number of nitrogens with zero attached hydrogens (tertiary/aromatic N) is 1. The normalized spacial score (nSPS) is 11.0. The van der Waals surface area contributed by atoms with Gasteiger partial charge in [0.25, 0.3) is 5.69 Å². The van der Waals surface area contributed by atoms with Gasteiger partial charge in [-0.05, 0) is 24.6 Å². The van der Waals surface area contributed by atoms with Gasteiger partial charge < -0.3 is 10.1 Å². The average Bonchev–Trinajstić information content (AvgIpc) is 2.69. The van der Waals surface area contributed by atoms with Gasteiger partial charge in [0, 0.05) is 31.6 Å². The molecule has 2 rings (SSSR count). The van der Waals surface area contributed by atoms with E-state index in [0.717, 1.165) is 11.8 Å². The minimum absolute atomic E-state index is 0.0305. The minimum Gasteiger partial charge on any atom is -0.494 e. The number of ether oxygens (including phenoxy) is 1. The maximum atomic E-state index is 12.1. The van der Waals surface area contributed by atoms with Gasteiger partial charge >= 0.3 is 0 Å². The Kier molecular flexibility index (Phi) is 7.90. The first-order valence-electron chi connectivity index (χ1n) is 8.57. The Labute approximate surface area is 162 Å². The molecule has 0 heterocycles. The minimum atomic E-state index is -3.89. The number of carbonyl (C=O) groups excluding carboxylic acids is 1. The summed E-state index contributed by atoms with van der Waals surface area (Å²) >= 11 is 0. The lowest BCUT2D eigenvalue weighted by Crippen LogP contribution is -2.34. The Morgan fingerprint density at radius 3 is 2.54 bits per heavy atom. The van der Waals surface area contributed by atoms with E-state index in [1.165, 1.54) is 18.2 Å². The molecule has 0 aliphatic carbocycles. The standard InChI is InChI=1S/C18H21N3O6S/c22-18(10-5-13-27-16-7-2-1-3-8-16)19-11-12-20-28(25,26)17-9-4-6-15(14-17)21(23)24/h1-4,6-9,14,20H,5,10-13H2,(H,19,22). The average molecular weight is 407 g/mol. The Morgan fingerprint density at radius 2 is 1.82 bits per heavy atom. The van der Waals surface area contributed by atoms with E-state index in [9.17, 15) is 23.3 Å². The molecule has 0 aliphatic heterocycles. The fraction of sp³-hybridized carbons (Fsp3) is 0.278. The lowest BCUT2D eigenvalue weighted by Gasteiger charge is -2.09. The number of nitrogens with one attached hydrogen (secondary N) is 2. The van der Waals surface area contributed by atoms with Crippen LogP contribution in [0.4, 0.5) is 5.69 Å². The molecule has 150 valence electrons. The number of benzene rings is 2. The summed E-state index contributed by atoms with van der Waals surface area (Å²) in [5, 5.41) is 13.3. The molecule has 0 aromatic heterocycles. The van der Waals surface area contributed by atoms with Gasteiger partial charge in [0.1, 0.15) is 5.75 Å². The predicted octanol–water partition coefficient (Wildman–Crippen LogP) is 1.85. The van der Waals surface area contributed by atoms with Crippen LogP contribution >= 0.6 is 0 Å². The van der Waals surface area contributed by atoms with Crippen LogP contribution in [0.5, 0.6) is 5.75 Å². The van der Waals surface area contributed by atoms with Gasteiger partial charge in [-0.2, -0.15) is 0 Å². The van der Waals surface area contributed by atoms with Crippen molar-refractivity contribution < 1.29 is 22.9 Å². The second-order valence-electron chi connectivity index (χ2n) is 5.77. The van der Waals surface area contributed by atoms with Crippen molar-refractivity contribution in [3.05, 3.63) is 64.7 Å². The number of hydrogen-bond donors (Lipinski definition) is 2. The molecule has 0 atom stereocenters. The van der Waals surface area contributed by atoms with Crippen LogP contribution in [0.3, 0.4) is 0 Å². The van der Waals surface area contributed by atoms with Crippen molar-refractivity contribution in [2.24, 2.45) is 0 Å². The molecule has 0 spiro atoms. The van der Waals surface area contributed by atoms with Crippen molar-refractivity contribution in [3.8, 4) is 5.75 Å². The van der Waals surface area contributed by atoms with E-state index < -0.39 is 14.9 Å². The number of amides is 1. The molecule has 0 bridgehead atoms. The Bertz CT molecular complexity index is 903. The highest BCUT2D eigenvalue weighted by atomic mass is 32.2. The molecular formula is C18H21N3O6S. The van der Waals surface area contributed by atoms with E-state index in [1.807, 2.05) is 30.3 Å². The molecular weight excluding hydrogens is 386 g/mol. The number of carbonyl (C=O) groups is 1. The van der Waals surface area contributed by atoms with Crippen molar-refractivity contribution in [2.45, 2.75) is 17.7 Å². The van der Waals surface area contributed by atoms with Crippen molar-refractivity contribution in [1.82, 2.24) is 10.0 Å². The Balaban J connectivity index is 1.66. The first-order chi connectivity index (χ1) is 13.4. The molecule has 28 heavy (non-hydrogen) atoms. The second kappa shape index (κ2) is 10.4. The molecule has 0 radical (unpaired) electrons. The van der Waals surface area contributed by atoms with Crippen LogP contribution < -0.4 is 14.8 Å². The Hall–Kier alpha value is -2.98. The topological polar surface area (TPSA) is 128 Å². The van der Waals surface area contributed by atoms with Crippen LogP contribution in [-0.2, 0) is 14.8 Å². The molecule has 2 aromatic rings. The summed E-state index contributed by atoms with van der Waals surface area (Å²) in [5.41, 5.74) is -0.311. The summed E-state index contributed by atoms with van der Waals surface area (Å²) in [4.78, 5) is 21.6. The molecule has 2 aromatic carbocycles. The Morgan fingerprint density at radius 1 is 1.07 bits per heavy atom. The van der Waals surface area contributed by atoms with Crippen molar-refractivity contribution >= 4 is 21.6 Å². The van der Waals surface area contributed by atoms with E-state index >= 15 is 0 Å². The largest absolute Gasteiger partial charge is 0.494 e. The third-order valence-electron chi connectivity index (χ3n) is 3.64. The number of sulfonamides is 1. The molecule has 1 amide bonds. The predicted molar refractivity (Wildman–Crippen MR) is 102 cm³/mol. The monoisotopic (exact) mass is 407 g/mol. The van der Waals surface area contributed by atoms with Crippen molar-refractivity contribution in [3.63, 3.8) is 0 Å². The first kappa shape index (κ1) is 21.3. The molecule has 0 fully saturated rings. The van der Waals surface area contributed by atoms with E-state index in [2.05, 4.69) is 10.0 Å². The lowest BCUT2D eigenvalue weighted by molar-refractivity contribution is -0.385.